The summed E-state index contributed by atoms with van der Waals surface area (Å²) in [6, 6.07) is 2.70. The van der Waals surface area contributed by atoms with Gasteiger partial charge in [-0.3, -0.25) is 4.79 Å². The number of anilines is 1. The number of hydrogen-bond donors (Lipinski definition) is 3. The number of nitrogens with one attached hydrogen (secondary N) is 1. The van der Waals surface area contributed by atoms with Crippen molar-refractivity contribution in [1.82, 2.24) is 5.32 Å². The summed E-state index contributed by atoms with van der Waals surface area (Å²) in [6.45, 7) is 3.45. The third kappa shape index (κ3) is 3.70. The lowest BCUT2D eigenvalue weighted by atomic mass is 10.1. The summed E-state index contributed by atoms with van der Waals surface area (Å²) in [7, 11) is 0. The van der Waals surface area contributed by atoms with Gasteiger partial charge in [0.05, 0.1) is 5.56 Å². The van der Waals surface area contributed by atoms with E-state index >= 15 is 0 Å². The Labute approximate surface area is 106 Å². The molecular weight excluding hydrogens is 235 g/mol. The second-order valence-corrected chi connectivity index (χ2v) is 4.44. The smallest absolute Gasteiger partial charge is 0.254 e. The summed E-state index contributed by atoms with van der Waals surface area (Å²) in [6.07, 6.45) is 1.24. The van der Waals surface area contributed by atoms with Gasteiger partial charge in [0, 0.05) is 18.3 Å². The molecule has 1 amide bonds. The lowest BCUT2D eigenvalue weighted by molar-refractivity contribution is 0.0932. The highest BCUT2D eigenvalue weighted by Crippen LogP contribution is 2.17. The molecule has 1 rings (SSSR count). The molecule has 100 valence electrons. The minimum atomic E-state index is -0.545. The van der Waals surface area contributed by atoms with E-state index in [1.54, 1.807) is 6.92 Å². The maximum atomic E-state index is 13.8. The van der Waals surface area contributed by atoms with Crippen molar-refractivity contribution in [1.29, 1.82) is 0 Å². The van der Waals surface area contributed by atoms with Crippen molar-refractivity contribution < 1.29 is 14.3 Å². The van der Waals surface area contributed by atoms with E-state index in [4.69, 9.17) is 10.8 Å². The lowest BCUT2D eigenvalue weighted by Crippen LogP contribution is -2.33. The van der Waals surface area contributed by atoms with Gasteiger partial charge in [-0.2, -0.15) is 0 Å². The van der Waals surface area contributed by atoms with Crippen LogP contribution >= 0.6 is 0 Å². The van der Waals surface area contributed by atoms with E-state index in [-0.39, 0.29) is 18.2 Å². The minimum Gasteiger partial charge on any atom is -0.399 e. The predicted octanol–water partition coefficient (Wildman–Crippen LogP) is 1.61. The summed E-state index contributed by atoms with van der Waals surface area (Å²) in [5.74, 6) is -1.02. The van der Waals surface area contributed by atoms with Gasteiger partial charge >= 0.3 is 0 Å². The second-order valence-electron chi connectivity index (χ2n) is 4.44. The summed E-state index contributed by atoms with van der Waals surface area (Å²) in [5.41, 5.74) is 6.27. The molecule has 0 aliphatic carbocycles. The Morgan fingerprint density at radius 3 is 2.83 bits per heavy atom. The Balaban J connectivity index is 2.78. The fourth-order valence-corrected chi connectivity index (χ4v) is 1.73. The molecule has 0 saturated heterocycles. The first-order valence-electron chi connectivity index (χ1n) is 5.93. The molecule has 0 fully saturated rings. The van der Waals surface area contributed by atoms with E-state index in [1.807, 2.05) is 6.92 Å². The van der Waals surface area contributed by atoms with Crippen LogP contribution in [0.15, 0.2) is 12.1 Å². The molecule has 0 aliphatic rings. The maximum absolute atomic E-state index is 13.8. The first kappa shape index (κ1) is 14.4. The molecule has 4 nitrogen and oxygen atoms in total. The average Bonchev–Trinajstić information content (AvgIpc) is 2.30. The fraction of sp³-hybridized carbons (Fsp3) is 0.462. The van der Waals surface area contributed by atoms with Gasteiger partial charge in [0.25, 0.3) is 5.91 Å². The molecule has 1 atom stereocenters. The highest BCUT2D eigenvalue weighted by atomic mass is 19.1. The molecule has 0 aliphatic heterocycles. The van der Waals surface area contributed by atoms with E-state index in [2.05, 4.69) is 5.32 Å². The number of benzene rings is 1. The molecule has 18 heavy (non-hydrogen) atoms. The van der Waals surface area contributed by atoms with E-state index in [9.17, 15) is 9.18 Å². The van der Waals surface area contributed by atoms with Crippen LogP contribution in [0, 0.1) is 12.7 Å². The molecule has 0 spiro atoms. The van der Waals surface area contributed by atoms with Crippen LogP contribution in [0.25, 0.3) is 0 Å². The molecular formula is C13H19FN2O2. The van der Waals surface area contributed by atoms with Crippen LogP contribution in [-0.4, -0.2) is 23.7 Å². The quantitative estimate of drug-likeness (QED) is 0.699. The fourth-order valence-electron chi connectivity index (χ4n) is 1.73. The van der Waals surface area contributed by atoms with E-state index in [0.717, 1.165) is 0 Å². The third-order valence-corrected chi connectivity index (χ3v) is 2.69. The summed E-state index contributed by atoms with van der Waals surface area (Å²) in [4.78, 5) is 11.9. The molecule has 0 aromatic heterocycles. The standard InChI is InChI=1S/C13H19FN2O2/c1-8-6-10(15)7-11(12(8)14)13(18)16-9(2)4-3-5-17/h6-7,9,17H,3-5,15H2,1-2H3,(H,16,18). The Morgan fingerprint density at radius 1 is 1.56 bits per heavy atom. The number of carbonyl (C=O) groups excluding carboxylic acids is 1. The third-order valence-electron chi connectivity index (χ3n) is 2.69. The summed E-state index contributed by atoms with van der Waals surface area (Å²) in [5, 5.41) is 11.4. The SMILES string of the molecule is Cc1cc(N)cc(C(=O)NC(C)CCCO)c1F. The van der Waals surface area contributed by atoms with Crippen LogP contribution in [0.5, 0.6) is 0 Å². The Bertz CT molecular complexity index is 435. The number of rotatable bonds is 5. The van der Waals surface area contributed by atoms with Gasteiger partial charge in [-0.1, -0.05) is 0 Å². The number of aliphatic hydroxyl groups excluding tert-OH is 1. The van der Waals surface area contributed by atoms with Gasteiger partial charge in [0.15, 0.2) is 0 Å². The molecule has 1 unspecified atom stereocenters. The summed E-state index contributed by atoms with van der Waals surface area (Å²) < 4.78 is 13.8. The molecule has 0 bridgehead atoms. The predicted molar refractivity (Wildman–Crippen MR) is 68.8 cm³/mol. The van der Waals surface area contributed by atoms with Crippen LogP contribution in [-0.2, 0) is 0 Å². The highest BCUT2D eigenvalue weighted by molar-refractivity contribution is 5.95. The van der Waals surface area contributed by atoms with Gasteiger partial charge in [-0.25, -0.2) is 4.39 Å². The van der Waals surface area contributed by atoms with Crippen molar-refractivity contribution in [2.24, 2.45) is 0 Å². The minimum absolute atomic E-state index is 0.0386. The Morgan fingerprint density at radius 2 is 2.22 bits per heavy atom. The van der Waals surface area contributed by atoms with Gasteiger partial charge < -0.3 is 16.2 Å². The van der Waals surface area contributed by atoms with Crippen LogP contribution in [0.1, 0.15) is 35.7 Å². The number of nitrogens with two attached hydrogens (primary N) is 1. The number of nitrogen functional groups attached to an aromatic ring is 1. The van der Waals surface area contributed by atoms with Crippen LogP contribution in [0.4, 0.5) is 10.1 Å². The van der Waals surface area contributed by atoms with E-state index < -0.39 is 11.7 Å². The zero-order valence-corrected chi connectivity index (χ0v) is 10.7. The van der Waals surface area contributed by atoms with Gasteiger partial charge in [0.1, 0.15) is 5.82 Å². The van der Waals surface area contributed by atoms with E-state index in [0.29, 0.717) is 24.1 Å². The molecule has 4 N–H and O–H groups in total. The molecule has 5 heteroatoms. The number of hydrogen-bond acceptors (Lipinski definition) is 3. The normalized spacial score (nSPS) is 12.2. The maximum Gasteiger partial charge on any atom is 0.254 e. The molecule has 0 radical (unpaired) electrons. The van der Waals surface area contributed by atoms with Crippen molar-refractivity contribution in [3.8, 4) is 0 Å². The second kappa shape index (κ2) is 6.35. The van der Waals surface area contributed by atoms with Gasteiger partial charge in [-0.05, 0) is 44.4 Å². The zero-order chi connectivity index (χ0) is 13.7. The van der Waals surface area contributed by atoms with Crippen LogP contribution in [0.3, 0.4) is 0 Å². The van der Waals surface area contributed by atoms with Crippen molar-refractivity contribution in [3.63, 3.8) is 0 Å². The molecule has 1 aromatic carbocycles. The molecule has 0 saturated carbocycles. The molecule has 1 aromatic rings. The Kier molecular flexibility index (Phi) is 5.09. The first-order chi connectivity index (χ1) is 8.45. The lowest BCUT2D eigenvalue weighted by Gasteiger charge is -2.14. The highest BCUT2D eigenvalue weighted by Gasteiger charge is 2.16. The molecule has 0 heterocycles. The number of aliphatic hydroxyl groups is 1. The largest absolute Gasteiger partial charge is 0.399 e. The van der Waals surface area contributed by atoms with Crippen molar-refractivity contribution in [2.45, 2.75) is 32.7 Å². The van der Waals surface area contributed by atoms with Gasteiger partial charge in [-0.15, -0.1) is 0 Å². The first-order valence-corrected chi connectivity index (χ1v) is 5.93. The number of aryl methyl sites for hydroxylation is 1. The number of carbonyl (C=O) groups is 1. The van der Waals surface area contributed by atoms with Crippen molar-refractivity contribution in [3.05, 3.63) is 29.1 Å². The zero-order valence-electron chi connectivity index (χ0n) is 10.7. The van der Waals surface area contributed by atoms with Crippen LogP contribution < -0.4 is 11.1 Å². The van der Waals surface area contributed by atoms with Crippen molar-refractivity contribution in [2.75, 3.05) is 12.3 Å². The average molecular weight is 254 g/mol. The van der Waals surface area contributed by atoms with Gasteiger partial charge in [0.2, 0.25) is 0 Å². The Hall–Kier alpha value is -1.62. The summed E-state index contributed by atoms with van der Waals surface area (Å²) >= 11 is 0. The topological polar surface area (TPSA) is 75.4 Å². The van der Waals surface area contributed by atoms with Crippen molar-refractivity contribution >= 4 is 11.6 Å². The van der Waals surface area contributed by atoms with Crippen LogP contribution in [0.2, 0.25) is 0 Å². The monoisotopic (exact) mass is 254 g/mol. The number of amides is 1. The number of halogens is 1. The van der Waals surface area contributed by atoms with E-state index in [1.165, 1.54) is 12.1 Å².